The summed E-state index contributed by atoms with van der Waals surface area (Å²) < 4.78 is 0. The molecule has 0 fully saturated rings. The lowest BCUT2D eigenvalue weighted by Gasteiger charge is -2.25. The smallest absolute Gasteiger partial charge is 0.326 e. The quantitative estimate of drug-likeness (QED) is 0.120. The summed E-state index contributed by atoms with van der Waals surface area (Å²) in [6, 6.07) is 2.94. The molecule has 0 aliphatic rings. The third-order valence-electron chi connectivity index (χ3n) is 6.36. The van der Waals surface area contributed by atoms with E-state index in [1.807, 2.05) is 30.5 Å². The van der Waals surface area contributed by atoms with Crippen LogP contribution in [-0.2, 0) is 25.6 Å². The van der Waals surface area contributed by atoms with Gasteiger partial charge >= 0.3 is 5.97 Å². The van der Waals surface area contributed by atoms with Crippen LogP contribution in [0.5, 0.6) is 0 Å². The number of carbonyl (C=O) groups excluding carboxylic acids is 3. The van der Waals surface area contributed by atoms with E-state index in [9.17, 15) is 29.4 Å². The molecule has 1 aromatic carbocycles. The van der Waals surface area contributed by atoms with E-state index < -0.39 is 54.0 Å². The van der Waals surface area contributed by atoms with Crippen molar-refractivity contribution in [3.8, 4) is 0 Å². The van der Waals surface area contributed by atoms with Crippen LogP contribution >= 0.6 is 11.8 Å². The number of aliphatic hydroxyl groups is 1. The van der Waals surface area contributed by atoms with Crippen molar-refractivity contribution in [2.24, 2.45) is 11.5 Å². The summed E-state index contributed by atoms with van der Waals surface area (Å²) in [5.41, 5.74) is 12.8. The number of carboxylic acid groups (broad SMARTS) is 1. The van der Waals surface area contributed by atoms with Crippen LogP contribution in [0.1, 0.15) is 38.2 Å². The molecule has 5 atom stereocenters. The molecule has 12 nitrogen and oxygen atoms in total. The van der Waals surface area contributed by atoms with Crippen LogP contribution in [0.15, 0.2) is 30.5 Å². The zero-order valence-electron chi connectivity index (χ0n) is 22.3. The Kier molecular flexibility index (Phi) is 13.2. The topological polar surface area (TPSA) is 213 Å². The van der Waals surface area contributed by atoms with Crippen LogP contribution in [0.3, 0.4) is 0 Å². The zero-order chi connectivity index (χ0) is 28.9. The van der Waals surface area contributed by atoms with Crippen molar-refractivity contribution in [1.82, 2.24) is 20.9 Å². The van der Waals surface area contributed by atoms with Gasteiger partial charge in [0.1, 0.15) is 24.2 Å². The van der Waals surface area contributed by atoms with Gasteiger partial charge in [0.15, 0.2) is 0 Å². The number of H-pyrrole nitrogens is 1. The van der Waals surface area contributed by atoms with E-state index in [-0.39, 0.29) is 19.3 Å². The Balaban J connectivity index is 2.30. The fraction of sp³-hybridized carbons (Fsp3) is 0.538. The Labute approximate surface area is 232 Å². The minimum atomic E-state index is -1.23. The molecule has 0 radical (unpaired) electrons. The van der Waals surface area contributed by atoms with Crippen LogP contribution in [0.2, 0.25) is 0 Å². The highest BCUT2D eigenvalue weighted by atomic mass is 32.2. The molecular weight excluding hydrogens is 524 g/mol. The third kappa shape index (κ3) is 9.84. The maximum absolute atomic E-state index is 13.4. The lowest BCUT2D eigenvalue weighted by Crippen LogP contribution is -2.58. The summed E-state index contributed by atoms with van der Waals surface area (Å²) in [5.74, 6) is -2.64. The molecule has 1 heterocycles. The molecule has 13 heteroatoms. The number of nitrogens with one attached hydrogen (secondary N) is 4. The second kappa shape index (κ2) is 16.1. The number of aliphatic carboxylic acids is 1. The summed E-state index contributed by atoms with van der Waals surface area (Å²) in [4.78, 5) is 54.2. The van der Waals surface area contributed by atoms with Gasteiger partial charge in [-0.15, -0.1) is 0 Å². The van der Waals surface area contributed by atoms with E-state index in [0.717, 1.165) is 16.5 Å². The normalized spacial score (nSPS) is 15.1. The van der Waals surface area contributed by atoms with Gasteiger partial charge in [-0.05, 0) is 62.8 Å². The number of benzene rings is 1. The number of hydrogen-bond acceptors (Lipinski definition) is 8. The molecule has 39 heavy (non-hydrogen) atoms. The minimum Gasteiger partial charge on any atom is -0.480 e. The highest BCUT2D eigenvalue weighted by Crippen LogP contribution is 2.19. The number of rotatable bonds is 17. The second-order valence-electron chi connectivity index (χ2n) is 9.42. The number of carboxylic acids is 1. The van der Waals surface area contributed by atoms with Crippen molar-refractivity contribution in [3.05, 3.63) is 36.0 Å². The lowest BCUT2D eigenvalue weighted by molar-refractivity contribution is -0.142. The van der Waals surface area contributed by atoms with Crippen LogP contribution in [0.4, 0.5) is 0 Å². The Hall–Kier alpha value is -3.13. The first kappa shape index (κ1) is 32.1. The fourth-order valence-corrected chi connectivity index (χ4v) is 4.49. The first-order valence-electron chi connectivity index (χ1n) is 12.9. The SMILES string of the molecule is CSCCC(NC(=O)C(N)C(C)O)C(=O)NC(Cc1c[nH]c2ccccc12)C(=O)NC(CCCCN)C(=O)O. The number of aromatic nitrogens is 1. The molecule has 0 bridgehead atoms. The van der Waals surface area contributed by atoms with Crippen LogP contribution in [0.25, 0.3) is 10.9 Å². The van der Waals surface area contributed by atoms with E-state index in [2.05, 4.69) is 20.9 Å². The zero-order valence-corrected chi connectivity index (χ0v) is 23.1. The molecule has 0 aliphatic carbocycles. The van der Waals surface area contributed by atoms with E-state index >= 15 is 0 Å². The molecule has 5 unspecified atom stereocenters. The molecular formula is C26H40N6O6S. The first-order chi connectivity index (χ1) is 18.6. The summed E-state index contributed by atoms with van der Waals surface area (Å²) in [6.07, 6.45) is 4.11. The molecule has 0 saturated heterocycles. The van der Waals surface area contributed by atoms with Gasteiger partial charge in [-0.1, -0.05) is 18.2 Å². The molecule has 3 amide bonds. The van der Waals surface area contributed by atoms with Gasteiger partial charge in [-0.2, -0.15) is 11.8 Å². The molecule has 216 valence electrons. The molecule has 0 aliphatic heterocycles. The average Bonchev–Trinajstić information content (AvgIpc) is 3.31. The lowest BCUT2D eigenvalue weighted by atomic mass is 10.0. The van der Waals surface area contributed by atoms with Crippen molar-refractivity contribution in [2.75, 3.05) is 18.6 Å². The van der Waals surface area contributed by atoms with Gasteiger partial charge in [0.25, 0.3) is 0 Å². The van der Waals surface area contributed by atoms with Gasteiger partial charge < -0.3 is 42.6 Å². The van der Waals surface area contributed by atoms with Crippen molar-refractivity contribution < 1.29 is 29.4 Å². The van der Waals surface area contributed by atoms with Gasteiger partial charge in [-0.25, -0.2) is 4.79 Å². The van der Waals surface area contributed by atoms with Crippen molar-refractivity contribution in [2.45, 2.75) is 69.3 Å². The summed E-state index contributed by atoms with van der Waals surface area (Å²) in [7, 11) is 0. The number of para-hydroxylation sites is 1. The molecule has 1 aromatic heterocycles. The molecule has 2 rings (SSSR count). The van der Waals surface area contributed by atoms with Gasteiger partial charge in [0.05, 0.1) is 6.10 Å². The largest absolute Gasteiger partial charge is 0.480 e. The number of amides is 3. The van der Waals surface area contributed by atoms with E-state index in [4.69, 9.17) is 11.5 Å². The van der Waals surface area contributed by atoms with Crippen LogP contribution in [0, 0.1) is 0 Å². The van der Waals surface area contributed by atoms with E-state index in [1.165, 1.54) is 18.7 Å². The number of thioether (sulfide) groups is 1. The van der Waals surface area contributed by atoms with Crippen molar-refractivity contribution in [3.63, 3.8) is 0 Å². The van der Waals surface area contributed by atoms with Crippen molar-refractivity contribution >= 4 is 46.4 Å². The summed E-state index contributed by atoms with van der Waals surface area (Å²) >= 11 is 1.47. The third-order valence-corrected chi connectivity index (χ3v) is 7.00. The Morgan fingerprint density at radius 3 is 2.26 bits per heavy atom. The standard InChI is InChI=1S/C26H40N6O6S/c1-15(33)22(28)25(36)30-19(10-12-39-2)23(34)32-21(13-16-14-29-18-8-4-3-7-17(16)18)24(35)31-20(26(37)38)9-5-6-11-27/h3-4,7-8,14-15,19-22,29,33H,5-6,9-13,27-28H2,1-2H3,(H,30,36)(H,31,35)(H,32,34)(H,37,38). The predicted octanol–water partition coefficient (Wildman–Crippen LogP) is -0.160. The van der Waals surface area contributed by atoms with E-state index in [0.29, 0.717) is 25.1 Å². The highest BCUT2D eigenvalue weighted by molar-refractivity contribution is 7.98. The van der Waals surface area contributed by atoms with Crippen LogP contribution < -0.4 is 27.4 Å². The average molecular weight is 565 g/mol. The number of hydrogen-bond donors (Lipinski definition) is 8. The van der Waals surface area contributed by atoms with Gasteiger partial charge in [0, 0.05) is 23.5 Å². The number of unbranched alkanes of at least 4 members (excludes halogenated alkanes) is 1. The Morgan fingerprint density at radius 2 is 1.62 bits per heavy atom. The molecule has 0 saturated carbocycles. The summed E-state index contributed by atoms with van der Waals surface area (Å²) in [5, 5.41) is 28.0. The first-order valence-corrected chi connectivity index (χ1v) is 14.3. The van der Waals surface area contributed by atoms with E-state index in [1.54, 1.807) is 6.20 Å². The number of aliphatic hydroxyl groups excluding tert-OH is 1. The Bertz CT molecular complexity index is 1110. The van der Waals surface area contributed by atoms with Gasteiger partial charge in [-0.3, -0.25) is 14.4 Å². The Morgan fingerprint density at radius 1 is 0.974 bits per heavy atom. The number of aromatic amines is 1. The van der Waals surface area contributed by atoms with Gasteiger partial charge in [0.2, 0.25) is 17.7 Å². The predicted molar refractivity (Wildman–Crippen MR) is 151 cm³/mol. The molecule has 2 aromatic rings. The number of carbonyl (C=O) groups is 4. The maximum Gasteiger partial charge on any atom is 0.326 e. The molecule has 10 N–H and O–H groups in total. The van der Waals surface area contributed by atoms with Crippen LogP contribution in [-0.4, -0.2) is 87.7 Å². The number of nitrogens with two attached hydrogens (primary N) is 2. The molecule has 0 spiro atoms. The minimum absolute atomic E-state index is 0.0765. The summed E-state index contributed by atoms with van der Waals surface area (Å²) in [6.45, 7) is 1.77. The fourth-order valence-electron chi connectivity index (χ4n) is 4.02. The highest BCUT2D eigenvalue weighted by Gasteiger charge is 2.31. The number of fused-ring (bicyclic) bond motifs is 1. The monoisotopic (exact) mass is 564 g/mol. The second-order valence-corrected chi connectivity index (χ2v) is 10.4. The maximum atomic E-state index is 13.4. The van der Waals surface area contributed by atoms with Crippen molar-refractivity contribution in [1.29, 1.82) is 0 Å².